The van der Waals surface area contributed by atoms with Crippen molar-refractivity contribution in [2.24, 2.45) is 0 Å². The van der Waals surface area contributed by atoms with Gasteiger partial charge < -0.3 is 20.4 Å². The quantitative estimate of drug-likeness (QED) is 0.650. The van der Waals surface area contributed by atoms with E-state index in [0.717, 1.165) is 25.7 Å². The molecule has 3 N–H and O–H groups in total. The van der Waals surface area contributed by atoms with Gasteiger partial charge in [-0.15, -0.1) is 0 Å². The third-order valence-electron chi connectivity index (χ3n) is 3.49. The molecule has 1 rings (SSSR count). The number of nitrogens with zero attached hydrogens (tertiary/aromatic N) is 1. The molecule has 0 atom stereocenters. The fraction of sp³-hybridized carbons (Fsp3) is 0.833. The Labute approximate surface area is 107 Å². The standard InChI is InChI=1S/C12H22N2O4/c1-14(8-9-15)11(18)13-12(10(16)17)6-4-2-3-5-7-12/h15H,2-9H2,1H3,(H,13,18)(H,16,17). The SMILES string of the molecule is CN(CCO)C(=O)NC1(C(=O)O)CCCCCC1. The van der Waals surface area contributed by atoms with Gasteiger partial charge in [-0.05, 0) is 12.8 Å². The van der Waals surface area contributed by atoms with Crippen LogP contribution in [-0.4, -0.2) is 52.9 Å². The molecule has 0 bridgehead atoms. The molecular formula is C12H22N2O4. The van der Waals surface area contributed by atoms with E-state index in [2.05, 4.69) is 5.32 Å². The van der Waals surface area contributed by atoms with Gasteiger partial charge in [-0.1, -0.05) is 25.7 Å². The number of urea groups is 1. The zero-order valence-corrected chi connectivity index (χ0v) is 10.8. The third-order valence-corrected chi connectivity index (χ3v) is 3.49. The maximum absolute atomic E-state index is 11.9. The highest BCUT2D eigenvalue weighted by Crippen LogP contribution is 2.27. The van der Waals surface area contributed by atoms with E-state index in [1.54, 1.807) is 0 Å². The van der Waals surface area contributed by atoms with Crippen molar-refractivity contribution in [3.63, 3.8) is 0 Å². The summed E-state index contributed by atoms with van der Waals surface area (Å²) in [5, 5.41) is 20.8. The summed E-state index contributed by atoms with van der Waals surface area (Å²) in [6.45, 7) is 0.0610. The fourth-order valence-corrected chi connectivity index (χ4v) is 2.28. The largest absolute Gasteiger partial charge is 0.480 e. The molecule has 0 aliphatic heterocycles. The number of hydrogen-bond donors (Lipinski definition) is 3. The molecule has 1 aliphatic carbocycles. The van der Waals surface area contributed by atoms with Gasteiger partial charge in [0.2, 0.25) is 0 Å². The fourth-order valence-electron chi connectivity index (χ4n) is 2.28. The first-order valence-corrected chi connectivity index (χ1v) is 6.39. The van der Waals surface area contributed by atoms with E-state index in [1.165, 1.54) is 11.9 Å². The Morgan fingerprint density at radius 2 is 1.78 bits per heavy atom. The van der Waals surface area contributed by atoms with Gasteiger partial charge in [-0.3, -0.25) is 0 Å². The topological polar surface area (TPSA) is 89.9 Å². The minimum absolute atomic E-state index is 0.135. The summed E-state index contributed by atoms with van der Waals surface area (Å²) >= 11 is 0. The lowest BCUT2D eigenvalue weighted by atomic mass is 9.90. The van der Waals surface area contributed by atoms with Crippen LogP contribution in [0.2, 0.25) is 0 Å². The number of carbonyl (C=O) groups excluding carboxylic acids is 1. The summed E-state index contributed by atoms with van der Waals surface area (Å²) in [6, 6.07) is -0.437. The number of carbonyl (C=O) groups is 2. The van der Waals surface area contributed by atoms with Crippen LogP contribution in [0.15, 0.2) is 0 Å². The molecular weight excluding hydrogens is 236 g/mol. The third kappa shape index (κ3) is 3.60. The number of rotatable bonds is 4. The maximum Gasteiger partial charge on any atom is 0.329 e. The number of carboxylic acid groups (broad SMARTS) is 1. The number of nitrogens with one attached hydrogen (secondary N) is 1. The van der Waals surface area contributed by atoms with E-state index in [1.807, 2.05) is 0 Å². The number of aliphatic hydroxyl groups is 1. The zero-order valence-electron chi connectivity index (χ0n) is 10.8. The second kappa shape index (κ2) is 6.58. The number of hydrogen-bond acceptors (Lipinski definition) is 3. The Kier molecular flexibility index (Phi) is 5.40. The van der Waals surface area contributed by atoms with Crippen molar-refractivity contribution in [2.75, 3.05) is 20.2 Å². The number of likely N-dealkylation sites (N-methyl/N-ethyl adjacent to an activating group) is 1. The van der Waals surface area contributed by atoms with Gasteiger partial charge >= 0.3 is 12.0 Å². The molecule has 6 heteroatoms. The molecule has 1 aliphatic rings. The van der Waals surface area contributed by atoms with E-state index < -0.39 is 17.5 Å². The van der Waals surface area contributed by atoms with Gasteiger partial charge in [0, 0.05) is 13.6 Å². The lowest BCUT2D eigenvalue weighted by Crippen LogP contribution is -2.57. The van der Waals surface area contributed by atoms with Gasteiger partial charge in [-0.25, -0.2) is 9.59 Å². The van der Waals surface area contributed by atoms with Gasteiger partial charge in [0.05, 0.1) is 6.61 Å². The molecule has 6 nitrogen and oxygen atoms in total. The van der Waals surface area contributed by atoms with Gasteiger partial charge in [0.15, 0.2) is 0 Å². The lowest BCUT2D eigenvalue weighted by molar-refractivity contribution is -0.145. The average molecular weight is 258 g/mol. The second-order valence-corrected chi connectivity index (χ2v) is 4.88. The summed E-state index contributed by atoms with van der Waals surface area (Å²) in [5.41, 5.74) is -1.14. The molecule has 0 aromatic carbocycles. The van der Waals surface area contributed by atoms with E-state index in [4.69, 9.17) is 5.11 Å². The summed E-state index contributed by atoms with van der Waals surface area (Å²) in [4.78, 5) is 24.6. The Hall–Kier alpha value is -1.30. The molecule has 2 amide bonds. The van der Waals surface area contributed by atoms with Crippen LogP contribution in [0.3, 0.4) is 0 Å². The Morgan fingerprint density at radius 1 is 1.22 bits per heavy atom. The number of aliphatic carboxylic acids is 1. The molecule has 0 unspecified atom stereocenters. The van der Waals surface area contributed by atoms with Crippen molar-refractivity contribution in [2.45, 2.75) is 44.1 Å². The van der Waals surface area contributed by atoms with Crippen LogP contribution in [0.25, 0.3) is 0 Å². The molecule has 104 valence electrons. The van der Waals surface area contributed by atoms with Crippen LogP contribution in [-0.2, 0) is 4.79 Å². The first-order valence-electron chi connectivity index (χ1n) is 6.39. The molecule has 0 aromatic rings. The zero-order chi connectivity index (χ0) is 13.6. The van der Waals surface area contributed by atoms with E-state index in [9.17, 15) is 14.7 Å². The van der Waals surface area contributed by atoms with Crippen LogP contribution in [0, 0.1) is 0 Å². The average Bonchev–Trinajstić information content (AvgIpc) is 2.56. The van der Waals surface area contributed by atoms with Crippen LogP contribution in [0.1, 0.15) is 38.5 Å². The smallest absolute Gasteiger partial charge is 0.329 e. The Morgan fingerprint density at radius 3 is 2.22 bits per heavy atom. The first kappa shape index (κ1) is 14.8. The monoisotopic (exact) mass is 258 g/mol. The van der Waals surface area contributed by atoms with Crippen molar-refractivity contribution >= 4 is 12.0 Å². The second-order valence-electron chi connectivity index (χ2n) is 4.88. The van der Waals surface area contributed by atoms with E-state index in [0.29, 0.717) is 12.8 Å². The van der Waals surface area contributed by atoms with Gasteiger partial charge in [0.25, 0.3) is 0 Å². The molecule has 0 aromatic heterocycles. The van der Waals surface area contributed by atoms with Crippen molar-refractivity contribution in [1.29, 1.82) is 0 Å². The van der Waals surface area contributed by atoms with Crippen LogP contribution < -0.4 is 5.32 Å². The van der Waals surface area contributed by atoms with Crippen LogP contribution in [0.5, 0.6) is 0 Å². The number of aliphatic hydroxyl groups excluding tert-OH is 1. The van der Waals surface area contributed by atoms with Crippen molar-refractivity contribution in [3.8, 4) is 0 Å². The summed E-state index contributed by atoms with van der Waals surface area (Å²) in [7, 11) is 1.54. The number of amides is 2. The van der Waals surface area contributed by atoms with Crippen molar-refractivity contribution < 1.29 is 19.8 Å². The lowest BCUT2D eigenvalue weighted by Gasteiger charge is -2.31. The predicted molar refractivity (Wildman–Crippen MR) is 66.3 cm³/mol. The molecule has 1 saturated carbocycles. The molecule has 0 heterocycles. The predicted octanol–water partition coefficient (Wildman–Crippen LogP) is 0.798. The Bertz CT molecular complexity index is 298. The highest BCUT2D eigenvalue weighted by Gasteiger charge is 2.40. The first-order chi connectivity index (χ1) is 8.52. The summed E-state index contributed by atoms with van der Waals surface area (Å²) < 4.78 is 0. The maximum atomic E-state index is 11.9. The molecule has 1 fully saturated rings. The van der Waals surface area contributed by atoms with Crippen molar-refractivity contribution in [1.82, 2.24) is 10.2 Å². The molecule has 18 heavy (non-hydrogen) atoms. The minimum Gasteiger partial charge on any atom is -0.480 e. The Balaban J connectivity index is 2.72. The molecule has 0 spiro atoms. The van der Waals surface area contributed by atoms with Crippen LogP contribution >= 0.6 is 0 Å². The highest BCUT2D eigenvalue weighted by atomic mass is 16.4. The minimum atomic E-state index is -1.14. The molecule has 0 radical (unpaired) electrons. The van der Waals surface area contributed by atoms with E-state index >= 15 is 0 Å². The van der Waals surface area contributed by atoms with Crippen LogP contribution in [0.4, 0.5) is 4.79 Å². The van der Waals surface area contributed by atoms with Crippen molar-refractivity contribution in [3.05, 3.63) is 0 Å². The van der Waals surface area contributed by atoms with E-state index in [-0.39, 0.29) is 13.2 Å². The number of carboxylic acids is 1. The summed E-state index contributed by atoms with van der Waals surface area (Å²) in [6.07, 6.45) is 4.60. The van der Waals surface area contributed by atoms with Gasteiger partial charge in [0.1, 0.15) is 5.54 Å². The highest BCUT2D eigenvalue weighted by molar-refractivity contribution is 5.86. The van der Waals surface area contributed by atoms with Gasteiger partial charge in [-0.2, -0.15) is 0 Å². The normalized spacial score (nSPS) is 18.8. The molecule has 0 saturated heterocycles. The summed E-state index contributed by atoms with van der Waals surface area (Å²) in [5.74, 6) is -0.963.